The summed E-state index contributed by atoms with van der Waals surface area (Å²) < 4.78 is 11.4. The molecule has 1 aromatic heterocycles. The van der Waals surface area contributed by atoms with Gasteiger partial charge in [0.1, 0.15) is 17.9 Å². The Morgan fingerprint density at radius 3 is 2.90 bits per heavy atom. The second-order valence-electron chi connectivity index (χ2n) is 3.91. The van der Waals surface area contributed by atoms with Crippen molar-refractivity contribution >= 4 is 21.9 Å². The molecule has 0 spiro atoms. The second kappa shape index (κ2) is 6.38. The SMILES string of the molecule is COc1ncccc1COc1ccc(Br)cc1C(=O)O. The average Bonchev–Trinajstić information content (AvgIpc) is 2.46. The average molecular weight is 338 g/mol. The van der Waals surface area contributed by atoms with E-state index in [2.05, 4.69) is 20.9 Å². The molecule has 2 rings (SSSR count). The third kappa shape index (κ3) is 3.27. The first-order valence-electron chi connectivity index (χ1n) is 5.75. The van der Waals surface area contributed by atoms with Gasteiger partial charge in [-0.25, -0.2) is 9.78 Å². The minimum Gasteiger partial charge on any atom is -0.488 e. The summed E-state index contributed by atoms with van der Waals surface area (Å²) in [5.74, 6) is -0.285. The number of carboxylic acid groups (broad SMARTS) is 1. The summed E-state index contributed by atoms with van der Waals surface area (Å²) in [5.41, 5.74) is 0.844. The van der Waals surface area contributed by atoms with Crippen LogP contribution in [0.1, 0.15) is 15.9 Å². The number of aromatic carboxylic acids is 1. The summed E-state index contributed by atoms with van der Waals surface area (Å²) in [6.07, 6.45) is 1.62. The molecule has 20 heavy (non-hydrogen) atoms. The first-order valence-corrected chi connectivity index (χ1v) is 6.54. The molecule has 0 saturated carbocycles. The molecule has 0 fully saturated rings. The van der Waals surface area contributed by atoms with E-state index in [1.165, 1.54) is 13.2 Å². The van der Waals surface area contributed by atoms with Gasteiger partial charge in [0, 0.05) is 10.7 Å². The summed E-state index contributed by atoms with van der Waals surface area (Å²) in [7, 11) is 1.52. The van der Waals surface area contributed by atoms with E-state index in [-0.39, 0.29) is 12.2 Å². The van der Waals surface area contributed by atoms with Gasteiger partial charge < -0.3 is 14.6 Å². The van der Waals surface area contributed by atoms with Crippen molar-refractivity contribution in [2.24, 2.45) is 0 Å². The molecule has 0 amide bonds. The molecular formula is C14H12BrNO4. The van der Waals surface area contributed by atoms with Crippen LogP contribution in [0.25, 0.3) is 0 Å². The molecule has 0 radical (unpaired) electrons. The van der Waals surface area contributed by atoms with E-state index >= 15 is 0 Å². The molecule has 0 unspecified atom stereocenters. The highest BCUT2D eigenvalue weighted by molar-refractivity contribution is 9.10. The Morgan fingerprint density at radius 1 is 1.40 bits per heavy atom. The van der Waals surface area contributed by atoms with Crippen molar-refractivity contribution in [2.45, 2.75) is 6.61 Å². The van der Waals surface area contributed by atoms with Gasteiger partial charge in [0.25, 0.3) is 0 Å². The van der Waals surface area contributed by atoms with Crippen molar-refractivity contribution in [1.82, 2.24) is 4.98 Å². The van der Waals surface area contributed by atoms with Crippen LogP contribution in [0.2, 0.25) is 0 Å². The summed E-state index contributed by atoms with van der Waals surface area (Å²) >= 11 is 3.23. The fourth-order valence-corrected chi connectivity index (χ4v) is 2.03. The van der Waals surface area contributed by atoms with Crippen molar-refractivity contribution in [3.05, 3.63) is 52.1 Å². The largest absolute Gasteiger partial charge is 0.488 e. The van der Waals surface area contributed by atoms with Crippen molar-refractivity contribution in [2.75, 3.05) is 7.11 Å². The van der Waals surface area contributed by atoms with E-state index in [4.69, 9.17) is 14.6 Å². The van der Waals surface area contributed by atoms with Crippen LogP contribution in [0.4, 0.5) is 0 Å². The van der Waals surface area contributed by atoms with Crippen LogP contribution in [-0.2, 0) is 6.61 Å². The summed E-state index contributed by atoms with van der Waals surface area (Å²) in [6.45, 7) is 0.179. The Balaban J connectivity index is 2.21. The summed E-state index contributed by atoms with van der Waals surface area (Å²) in [4.78, 5) is 15.2. The fourth-order valence-electron chi connectivity index (χ4n) is 1.67. The maximum absolute atomic E-state index is 11.2. The van der Waals surface area contributed by atoms with Crippen LogP contribution in [0, 0.1) is 0 Å². The minimum atomic E-state index is -1.04. The number of hydrogen-bond donors (Lipinski definition) is 1. The van der Waals surface area contributed by atoms with Crippen molar-refractivity contribution < 1.29 is 19.4 Å². The number of carbonyl (C=O) groups is 1. The molecule has 0 saturated heterocycles. The highest BCUT2D eigenvalue weighted by Gasteiger charge is 2.13. The van der Waals surface area contributed by atoms with Gasteiger partial charge in [0.05, 0.1) is 12.7 Å². The number of carboxylic acids is 1. The zero-order valence-corrected chi connectivity index (χ0v) is 12.3. The molecule has 0 aliphatic carbocycles. The van der Waals surface area contributed by atoms with Gasteiger partial charge in [-0.15, -0.1) is 0 Å². The maximum Gasteiger partial charge on any atom is 0.339 e. The molecule has 1 N–H and O–H groups in total. The van der Waals surface area contributed by atoms with E-state index in [9.17, 15) is 4.79 Å². The smallest absolute Gasteiger partial charge is 0.339 e. The third-order valence-electron chi connectivity index (χ3n) is 2.60. The predicted octanol–water partition coefficient (Wildman–Crippen LogP) is 3.13. The zero-order chi connectivity index (χ0) is 14.5. The van der Waals surface area contributed by atoms with Gasteiger partial charge in [-0.1, -0.05) is 15.9 Å². The normalized spacial score (nSPS) is 10.1. The van der Waals surface area contributed by atoms with Crippen LogP contribution < -0.4 is 9.47 Å². The standard InChI is InChI=1S/C14H12BrNO4/c1-19-13-9(3-2-6-16-13)8-20-12-5-4-10(15)7-11(12)14(17)18/h2-7H,8H2,1H3,(H,17,18). The lowest BCUT2D eigenvalue weighted by atomic mass is 10.2. The van der Waals surface area contributed by atoms with E-state index in [0.29, 0.717) is 16.1 Å². The number of nitrogens with zero attached hydrogens (tertiary/aromatic N) is 1. The van der Waals surface area contributed by atoms with Crippen LogP contribution in [0.5, 0.6) is 11.6 Å². The highest BCUT2D eigenvalue weighted by Crippen LogP contribution is 2.25. The zero-order valence-electron chi connectivity index (χ0n) is 10.7. The fraction of sp³-hybridized carbons (Fsp3) is 0.143. The van der Waals surface area contributed by atoms with Gasteiger partial charge in [-0.05, 0) is 30.3 Å². The van der Waals surface area contributed by atoms with E-state index in [1.54, 1.807) is 24.4 Å². The number of methoxy groups -OCH3 is 1. The first kappa shape index (κ1) is 14.3. The number of halogens is 1. The molecule has 0 atom stereocenters. The number of ether oxygens (including phenoxy) is 2. The predicted molar refractivity (Wildman–Crippen MR) is 76.2 cm³/mol. The third-order valence-corrected chi connectivity index (χ3v) is 3.09. The van der Waals surface area contributed by atoms with Gasteiger partial charge in [0.15, 0.2) is 0 Å². The molecule has 5 nitrogen and oxygen atoms in total. The maximum atomic E-state index is 11.2. The molecule has 0 aliphatic heterocycles. The summed E-state index contributed by atoms with van der Waals surface area (Å²) in [5, 5.41) is 9.15. The molecule has 0 aliphatic rings. The monoisotopic (exact) mass is 337 g/mol. The molecule has 104 valence electrons. The molecule has 1 heterocycles. The van der Waals surface area contributed by atoms with Crippen molar-refractivity contribution in [1.29, 1.82) is 0 Å². The Kier molecular flexibility index (Phi) is 4.57. The van der Waals surface area contributed by atoms with Gasteiger partial charge in [0.2, 0.25) is 5.88 Å². The van der Waals surface area contributed by atoms with E-state index in [0.717, 1.165) is 5.56 Å². The number of benzene rings is 1. The van der Waals surface area contributed by atoms with Crippen LogP contribution in [0.15, 0.2) is 41.0 Å². The van der Waals surface area contributed by atoms with Crippen LogP contribution in [0.3, 0.4) is 0 Å². The van der Waals surface area contributed by atoms with Crippen LogP contribution in [-0.4, -0.2) is 23.2 Å². The van der Waals surface area contributed by atoms with E-state index < -0.39 is 5.97 Å². The Hall–Kier alpha value is -2.08. The summed E-state index contributed by atoms with van der Waals surface area (Å²) in [6, 6.07) is 8.41. The first-order chi connectivity index (χ1) is 9.61. The molecule has 0 bridgehead atoms. The Bertz CT molecular complexity index is 630. The van der Waals surface area contributed by atoms with Gasteiger partial charge >= 0.3 is 5.97 Å². The number of hydrogen-bond acceptors (Lipinski definition) is 4. The molecular weight excluding hydrogens is 326 g/mol. The van der Waals surface area contributed by atoms with Crippen LogP contribution >= 0.6 is 15.9 Å². The second-order valence-corrected chi connectivity index (χ2v) is 4.82. The van der Waals surface area contributed by atoms with Gasteiger partial charge in [-0.2, -0.15) is 0 Å². The Labute approximate surface area is 124 Å². The lowest BCUT2D eigenvalue weighted by Crippen LogP contribution is -2.05. The topological polar surface area (TPSA) is 68.7 Å². The lowest BCUT2D eigenvalue weighted by Gasteiger charge is -2.11. The van der Waals surface area contributed by atoms with Gasteiger partial charge in [-0.3, -0.25) is 0 Å². The number of rotatable bonds is 5. The highest BCUT2D eigenvalue weighted by atomic mass is 79.9. The molecule has 6 heteroatoms. The number of pyridine rings is 1. The minimum absolute atomic E-state index is 0.0993. The van der Waals surface area contributed by atoms with E-state index in [1.807, 2.05) is 6.07 Å². The molecule has 2 aromatic rings. The Morgan fingerprint density at radius 2 is 2.20 bits per heavy atom. The number of aromatic nitrogens is 1. The quantitative estimate of drug-likeness (QED) is 0.907. The van der Waals surface area contributed by atoms with Crippen molar-refractivity contribution in [3.63, 3.8) is 0 Å². The lowest BCUT2D eigenvalue weighted by molar-refractivity contribution is 0.0691. The molecule has 1 aromatic carbocycles. The van der Waals surface area contributed by atoms with Crippen molar-refractivity contribution in [3.8, 4) is 11.6 Å².